The summed E-state index contributed by atoms with van der Waals surface area (Å²) < 4.78 is 10.9. The maximum Gasteiger partial charge on any atom is 0.255 e. The van der Waals surface area contributed by atoms with E-state index in [-0.39, 0.29) is 11.9 Å². The summed E-state index contributed by atoms with van der Waals surface area (Å²) in [7, 11) is 0. The summed E-state index contributed by atoms with van der Waals surface area (Å²) in [5.74, 6) is -0.0298. The largest absolute Gasteiger partial charge is 0.463 e. The number of furan rings is 1. The fourth-order valence-electron chi connectivity index (χ4n) is 3.37. The number of hydrogen-bond acceptors (Lipinski definition) is 4. The van der Waals surface area contributed by atoms with Gasteiger partial charge in [-0.25, -0.2) is 0 Å². The van der Waals surface area contributed by atoms with Crippen molar-refractivity contribution >= 4 is 16.9 Å². The van der Waals surface area contributed by atoms with Gasteiger partial charge >= 0.3 is 0 Å². The molecule has 4 rings (SSSR count). The van der Waals surface area contributed by atoms with E-state index >= 15 is 0 Å². The number of rotatable bonds is 4. The maximum atomic E-state index is 12.6. The van der Waals surface area contributed by atoms with Crippen molar-refractivity contribution in [3.63, 3.8) is 0 Å². The van der Waals surface area contributed by atoms with Crippen LogP contribution in [-0.2, 0) is 11.2 Å². The fourth-order valence-corrected chi connectivity index (χ4v) is 3.37. The summed E-state index contributed by atoms with van der Waals surface area (Å²) in [5, 5.41) is 4.06. The Morgan fingerprint density at radius 1 is 1.35 bits per heavy atom. The van der Waals surface area contributed by atoms with E-state index in [2.05, 4.69) is 23.2 Å². The van der Waals surface area contributed by atoms with E-state index in [0.717, 1.165) is 50.1 Å². The predicted molar refractivity (Wildman–Crippen MR) is 87.6 cm³/mol. The second-order valence-corrected chi connectivity index (χ2v) is 6.36. The molecular formula is C18H22N2O3. The van der Waals surface area contributed by atoms with Gasteiger partial charge in [-0.1, -0.05) is 13.0 Å². The first kappa shape index (κ1) is 14.7. The molecule has 122 valence electrons. The summed E-state index contributed by atoms with van der Waals surface area (Å²) in [6, 6.07) is 6.76. The van der Waals surface area contributed by atoms with Crippen molar-refractivity contribution in [1.29, 1.82) is 0 Å². The molecule has 5 nitrogen and oxygen atoms in total. The average Bonchev–Trinajstić information content (AvgIpc) is 3.22. The number of benzene rings is 1. The van der Waals surface area contributed by atoms with Crippen LogP contribution in [0.3, 0.4) is 0 Å². The van der Waals surface area contributed by atoms with Gasteiger partial charge in [-0.2, -0.15) is 0 Å². The van der Waals surface area contributed by atoms with Crippen molar-refractivity contribution in [3.05, 3.63) is 35.6 Å². The molecule has 0 unspecified atom stereocenters. The molecule has 2 fully saturated rings. The fraction of sp³-hybridized carbons (Fsp3) is 0.500. The van der Waals surface area contributed by atoms with E-state index in [1.807, 2.05) is 12.1 Å². The van der Waals surface area contributed by atoms with Crippen LogP contribution in [0, 0.1) is 0 Å². The lowest BCUT2D eigenvalue weighted by molar-refractivity contribution is 0.0325. The van der Waals surface area contributed by atoms with Crippen LogP contribution in [0.1, 0.15) is 29.3 Å². The highest BCUT2D eigenvalue weighted by atomic mass is 16.5. The first-order valence-electron chi connectivity index (χ1n) is 8.39. The number of hydrogen-bond donors (Lipinski definition) is 1. The highest BCUT2D eigenvalue weighted by Gasteiger charge is 2.43. The van der Waals surface area contributed by atoms with E-state index in [1.165, 1.54) is 5.56 Å². The lowest BCUT2D eigenvalue weighted by Gasteiger charge is -2.26. The van der Waals surface area contributed by atoms with Gasteiger partial charge < -0.3 is 14.5 Å². The van der Waals surface area contributed by atoms with Crippen LogP contribution in [0.2, 0.25) is 0 Å². The number of nitrogens with one attached hydrogen (secondary N) is 1. The van der Waals surface area contributed by atoms with Gasteiger partial charge in [-0.3, -0.25) is 9.69 Å². The molecule has 2 atom stereocenters. The molecule has 2 aromatic rings. The number of ether oxygens (including phenoxy) is 1. The Bertz CT molecular complexity index is 718. The standard InChI is InChI=1S/C18H22N2O3/c1-2-12-3-4-17-13(9-12)14(11-23-17)18(21)19-15-10-16(15)20-5-7-22-8-6-20/h3-4,9,11,15-16H,2,5-8,10H2,1H3,(H,19,21)/t15-,16-/m1/s1. The zero-order valence-corrected chi connectivity index (χ0v) is 13.4. The molecule has 2 heterocycles. The number of nitrogens with zero attached hydrogens (tertiary/aromatic N) is 1. The summed E-state index contributed by atoms with van der Waals surface area (Å²) >= 11 is 0. The monoisotopic (exact) mass is 314 g/mol. The molecule has 2 aliphatic rings. The van der Waals surface area contributed by atoms with E-state index in [9.17, 15) is 4.79 Å². The zero-order chi connectivity index (χ0) is 15.8. The average molecular weight is 314 g/mol. The van der Waals surface area contributed by atoms with E-state index in [4.69, 9.17) is 9.15 Å². The Morgan fingerprint density at radius 3 is 2.96 bits per heavy atom. The van der Waals surface area contributed by atoms with Gasteiger partial charge in [0.1, 0.15) is 11.8 Å². The molecule has 1 aliphatic carbocycles. The van der Waals surface area contributed by atoms with E-state index in [0.29, 0.717) is 11.6 Å². The van der Waals surface area contributed by atoms with E-state index < -0.39 is 0 Å². The van der Waals surface area contributed by atoms with Gasteiger partial charge in [0.2, 0.25) is 0 Å². The SMILES string of the molecule is CCc1ccc2occ(C(=O)N[C@@H]3C[C@H]3N3CCOCC3)c2c1. The molecule has 1 aromatic carbocycles. The number of aryl methyl sites for hydroxylation is 1. The van der Waals surface area contributed by atoms with Crippen LogP contribution in [0.25, 0.3) is 11.0 Å². The lowest BCUT2D eigenvalue weighted by atomic mass is 10.1. The zero-order valence-electron chi connectivity index (χ0n) is 13.4. The second kappa shape index (κ2) is 5.98. The van der Waals surface area contributed by atoms with Gasteiger partial charge in [-0.05, 0) is 30.5 Å². The maximum absolute atomic E-state index is 12.6. The van der Waals surface area contributed by atoms with Crippen LogP contribution in [0.5, 0.6) is 0 Å². The van der Waals surface area contributed by atoms with Gasteiger partial charge in [-0.15, -0.1) is 0 Å². The molecule has 0 spiro atoms. The molecule has 5 heteroatoms. The third-order valence-corrected chi connectivity index (χ3v) is 4.88. The van der Waals surface area contributed by atoms with Crippen molar-refractivity contribution in [2.75, 3.05) is 26.3 Å². The summed E-state index contributed by atoms with van der Waals surface area (Å²) in [6.45, 7) is 5.63. The van der Waals surface area contributed by atoms with Crippen LogP contribution in [-0.4, -0.2) is 49.2 Å². The second-order valence-electron chi connectivity index (χ2n) is 6.36. The van der Waals surface area contributed by atoms with Crippen molar-refractivity contribution in [3.8, 4) is 0 Å². The van der Waals surface area contributed by atoms with Crippen molar-refractivity contribution in [2.45, 2.75) is 31.8 Å². The van der Waals surface area contributed by atoms with Gasteiger partial charge in [0.25, 0.3) is 5.91 Å². The smallest absolute Gasteiger partial charge is 0.255 e. The number of amides is 1. The van der Waals surface area contributed by atoms with Crippen molar-refractivity contribution < 1.29 is 13.9 Å². The third kappa shape index (κ3) is 2.86. The molecular weight excluding hydrogens is 292 g/mol. The minimum atomic E-state index is -0.0298. The number of fused-ring (bicyclic) bond motifs is 1. The van der Waals surface area contributed by atoms with Crippen LogP contribution in [0.15, 0.2) is 28.9 Å². The predicted octanol–water partition coefficient (Wildman–Crippen LogP) is 2.20. The van der Waals surface area contributed by atoms with Gasteiger partial charge in [0.15, 0.2) is 0 Å². The molecule has 1 saturated heterocycles. The number of carbonyl (C=O) groups excluding carboxylic acids is 1. The third-order valence-electron chi connectivity index (χ3n) is 4.88. The van der Waals surface area contributed by atoms with Gasteiger partial charge in [0.05, 0.1) is 18.8 Å². The first-order chi connectivity index (χ1) is 11.3. The topological polar surface area (TPSA) is 54.7 Å². The first-order valence-corrected chi connectivity index (χ1v) is 8.39. The minimum absolute atomic E-state index is 0.0298. The quantitative estimate of drug-likeness (QED) is 0.940. The normalized spacial score (nSPS) is 24.7. The summed E-state index contributed by atoms with van der Waals surface area (Å²) in [6.07, 6.45) is 3.55. The molecule has 1 saturated carbocycles. The lowest BCUT2D eigenvalue weighted by Crippen LogP contribution is -2.41. The number of carbonyl (C=O) groups is 1. The van der Waals surface area contributed by atoms with Crippen LogP contribution < -0.4 is 5.32 Å². The Balaban J connectivity index is 1.45. The number of morpholine rings is 1. The summed E-state index contributed by atoms with van der Waals surface area (Å²) in [4.78, 5) is 15.0. The Hall–Kier alpha value is -1.85. The summed E-state index contributed by atoms with van der Waals surface area (Å²) in [5.41, 5.74) is 2.63. The minimum Gasteiger partial charge on any atom is -0.463 e. The Labute approximate surface area is 135 Å². The molecule has 0 radical (unpaired) electrons. The highest BCUT2D eigenvalue weighted by Crippen LogP contribution is 2.30. The van der Waals surface area contributed by atoms with Crippen LogP contribution >= 0.6 is 0 Å². The van der Waals surface area contributed by atoms with Crippen LogP contribution in [0.4, 0.5) is 0 Å². The molecule has 1 aliphatic heterocycles. The van der Waals surface area contributed by atoms with Crippen molar-refractivity contribution in [2.24, 2.45) is 0 Å². The Morgan fingerprint density at radius 2 is 2.17 bits per heavy atom. The van der Waals surface area contributed by atoms with Gasteiger partial charge in [0, 0.05) is 30.6 Å². The highest BCUT2D eigenvalue weighted by molar-refractivity contribution is 6.06. The Kier molecular flexibility index (Phi) is 3.83. The molecule has 1 N–H and O–H groups in total. The van der Waals surface area contributed by atoms with Crippen molar-refractivity contribution in [1.82, 2.24) is 10.2 Å². The molecule has 23 heavy (non-hydrogen) atoms. The molecule has 0 bridgehead atoms. The van der Waals surface area contributed by atoms with E-state index in [1.54, 1.807) is 6.26 Å². The molecule has 1 aromatic heterocycles. The molecule has 1 amide bonds.